The highest BCUT2D eigenvalue weighted by Gasteiger charge is 2.18. The first-order valence-corrected chi connectivity index (χ1v) is 10.1. The summed E-state index contributed by atoms with van der Waals surface area (Å²) in [6, 6.07) is 13.5. The molecule has 0 bridgehead atoms. The van der Waals surface area contributed by atoms with Crippen LogP contribution < -0.4 is 14.8 Å². The van der Waals surface area contributed by atoms with Crippen LogP contribution in [0.4, 0.5) is 5.82 Å². The Morgan fingerprint density at radius 2 is 1.91 bits per heavy atom. The van der Waals surface area contributed by atoms with E-state index in [1.807, 2.05) is 25.1 Å². The van der Waals surface area contributed by atoms with Gasteiger partial charge in [-0.15, -0.1) is 0 Å². The van der Waals surface area contributed by atoms with Crippen molar-refractivity contribution in [1.82, 2.24) is 5.16 Å². The number of benzene rings is 2. The number of esters is 1. The van der Waals surface area contributed by atoms with Crippen molar-refractivity contribution in [3.63, 3.8) is 0 Å². The first kappa shape index (κ1) is 22.8. The largest absolute Gasteiger partial charge is 0.493 e. The van der Waals surface area contributed by atoms with Gasteiger partial charge in [0.05, 0.1) is 17.1 Å². The molecule has 0 aliphatic carbocycles. The number of nitriles is 1. The van der Waals surface area contributed by atoms with Crippen LogP contribution in [0.3, 0.4) is 0 Å². The molecule has 32 heavy (non-hydrogen) atoms. The lowest BCUT2D eigenvalue weighted by molar-refractivity contribution is -0.112. The Hall–Kier alpha value is -3.90. The van der Waals surface area contributed by atoms with Gasteiger partial charge in [0.2, 0.25) is 0 Å². The lowest BCUT2D eigenvalue weighted by Gasteiger charge is -2.12. The van der Waals surface area contributed by atoms with E-state index >= 15 is 0 Å². The van der Waals surface area contributed by atoms with Gasteiger partial charge in [0.1, 0.15) is 17.4 Å². The summed E-state index contributed by atoms with van der Waals surface area (Å²) < 4.78 is 16.2. The fourth-order valence-corrected chi connectivity index (χ4v) is 3.23. The van der Waals surface area contributed by atoms with Gasteiger partial charge in [0, 0.05) is 6.07 Å². The number of hydrogen-bond acceptors (Lipinski definition) is 7. The van der Waals surface area contributed by atoms with Gasteiger partial charge in [-0.25, -0.2) is 4.79 Å². The molecule has 0 atom stereocenters. The molecule has 9 heteroatoms. The van der Waals surface area contributed by atoms with Crippen LogP contribution in [0.2, 0.25) is 0 Å². The van der Waals surface area contributed by atoms with E-state index in [9.17, 15) is 14.9 Å². The smallest absolute Gasteiger partial charge is 0.343 e. The molecule has 2 aromatic carbocycles. The van der Waals surface area contributed by atoms with E-state index in [1.165, 1.54) is 19.3 Å². The van der Waals surface area contributed by atoms with Gasteiger partial charge >= 0.3 is 5.97 Å². The number of hydrogen-bond donors (Lipinski definition) is 1. The van der Waals surface area contributed by atoms with Crippen molar-refractivity contribution in [3.05, 3.63) is 75.0 Å². The summed E-state index contributed by atoms with van der Waals surface area (Å²) in [6.45, 7) is 3.60. The van der Waals surface area contributed by atoms with Crippen molar-refractivity contribution in [2.45, 2.75) is 13.8 Å². The van der Waals surface area contributed by atoms with Gasteiger partial charge in [0.25, 0.3) is 5.91 Å². The van der Waals surface area contributed by atoms with Gasteiger partial charge in [-0.1, -0.05) is 22.9 Å². The van der Waals surface area contributed by atoms with Crippen LogP contribution in [-0.4, -0.2) is 24.1 Å². The van der Waals surface area contributed by atoms with Crippen LogP contribution in [0.1, 0.15) is 27.2 Å². The number of carbonyl (C=O) groups is 2. The highest BCUT2D eigenvalue weighted by molar-refractivity contribution is 9.10. The lowest BCUT2D eigenvalue weighted by Crippen LogP contribution is -2.13. The van der Waals surface area contributed by atoms with E-state index in [4.69, 9.17) is 14.0 Å². The number of rotatable bonds is 6. The Bertz CT molecular complexity index is 1240. The molecule has 0 saturated heterocycles. The summed E-state index contributed by atoms with van der Waals surface area (Å²) in [6.07, 6.45) is 1.38. The van der Waals surface area contributed by atoms with E-state index in [1.54, 1.807) is 31.2 Å². The number of anilines is 1. The second-order valence-corrected chi connectivity index (χ2v) is 7.59. The average molecular weight is 496 g/mol. The van der Waals surface area contributed by atoms with Gasteiger partial charge in [-0.3, -0.25) is 4.79 Å². The summed E-state index contributed by atoms with van der Waals surface area (Å²) in [5.74, 6) is -0.0526. The predicted octanol–water partition coefficient (Wildman–Crippen LogP) is 4.83. The molecule has 1 heterocycles. The molecule has 162 valence electrons. The third-order valence-electron chi connectivity index (χ3n) is 4.28. The Morgan fingerprint density at radius 1 is 1.19 bits per heavy atom. The molecule has 1 aromatic heterocycles. The van der Waals surface area contributed by atoms with Crippen molar-refractivity contribution in [1.29, 1.82) is 5.26 Å². The Kier molecular flexibility index (Phi) is 7.07. The van der Waals surface area contributed by atoms with Crippen LogP contribution in [0.5, 0.6) is 11.5 Å². The van der Waals surface area contributed by atoms with E-state index in [0.717, 1.165) is 5.56 Å². The third kappa shape index (κ3) is 5.42. The van der Waals surface area contributed by atoms with Crippen molar-refractivity contribution < 1.29 is 23.6 Å². The standard InChI is InChI=1S/C23H18BrN3O5/c1-13-4-6-16(7-5-13)23(29)31-21-18(24)10-15(11-19(21)30-3)9-17(12-25)22(28)26-20-8-14(2)32-27-20/h4-11H,1-3H3,(H,26,27,28). The number of methoxy groups -OCH3 is 1. The van der Waals surface area contributed by atoms with Crippen LogP contribution in [0.25, 0.3) is 6.08 Å². The first-order chi connectivity index (χ1) is 15.3. The summed E-state index contributed by atoms with van der Waals surface area (Å²) in [4.78, 5) is 24.9. The average Bonchev–Trinajstić information content (AvgIpc) is 3.18. The molecule has 0 radical (unpaired) electrons. The zero-order chi connectivity index (χ0) is 23.3. The van der Waals surface area contributed by atoms with Crippen molar-refractivity contribution in [3.8, 4) is 17.6 Å². The molecular weight excluding hydrogens is 478 g/mol. The summed E-state index contributed by atoms with van der Waals surface area (Å²) >= 11 is 3.36. The molecule has 1 amide bonds. The Labute approximate surface area is 192 Å². The fourth-order valence-electron chi connectivity index (χ4n) is 2.69. The normalized spacial score (nSPS) is 10.9. The SMILES string of the molecule is COc1cc(C=C(C#N)C(=O)Nc2cc(C)on2)cc(Br)c1OC(=O)c1ccc(C)cc1. The van der Waals surface area contributed by atoms with Crippen molar-refractivity contribution in [2.75, 3.05) is 12.4 Å². The molecule has 0 spiro atoms. The molecule has 0 saturated carbocycles. The molecule has 8 nitrogen and oxygen atoms in total. The van der Waals surface area contributed by atoms with E-state index in [2.05, 4.69) is 26.4 Å². The number of amides is 1. The molecule has 1 N–H and O–H groups in total. The number of nitrogens with zero attached hydrogens (tertiary/aromatic N) is 2. The maximum atomic E-state index is 12.5. The van der Waals surface area contributed by atoms with Gasteiger partial charge in [-0.05, 0) is 65.7 Å². The molecule has 0 aliphatic rings. The monoisotopic (exact) mass is 495 g/mol. The van der Waals surface area contributed by atoms with Gasteiger partial charge < -0.3 is 19.3 Å². The zero-order valence-corrected chi connectivity index (χ0v) is 19.0. The van der Waals surface area contributed by atoms with Gasteiger partial charge in [0.15, 0.2) is 17.3 Å². The quantitative estimate of drug-likeness (QED) is 0.225. The number of carbonyl (C=O) groups excluding carboxylic acids is 2. The van der Waals surface area contributed by atoms with Crippen LogP contribution in [0.15, 0.2) is 57.0 Å². The molecule has 3 rings (SSSR count). The number of aryl methyl sites for hydroxylation is 2. The van der Waals surface area contributed by atoms with Crippen molar-refractivity contribution >= 4 is 39.7 Å². The number of ether oxygens (including phenoxy) is 2. The topological polar surface area (TPSA) is 114 Å². The molecule has 3 aromatic rings. The maximum Gasteiger partial charge on any atom is 0.343 e. The molecule has 0 fully saturated rings. The maximum absolute atomic E-state index is 12.5. The predicted molar refractivity (Wildman–Crippen MR) is 120 cm³/mol. The highest BCUT2D eigenvalue weighted by atomic mass is 79.9. The van der Waals surface area contributed by atoms with E-state index in [0.29, 0.717) is 21.4 Å². The molecular formula is C23H18BrN3O5. The third-order valence-corrected chi connectivity index (χ3v) is 4.87. The Balaban J connectivity index is 1.85. The first-order valence-electron chi connectivity index (χ1n) is 9.33. The summed E-state index contributed by atoms with van der Waals surface area (Å²) in [7, 11) is 1.42. The molecule has 0 aliphatic heterocycles. The minimum Gasteiger partial charge on any atom is -0.493 e. The van der Waals surface area contributed by atoms with Gasteiger partial charge in [-0.2, -0.15) is 5.26 Å². The number of nitrogens with one attached hydrogen (secondary N) is 1. The fraction of sp³-hybridized carbons (Fsp3) is 0.130. The minimum atomic E-state index is -0.647. The number of aromatic nitrogens is 1. The minimum absolute atomic E-state index is 0.163. The summed E-state index contributed by atoms with van der Waals surface area (Å²) in [5.41, 5.74) is 1.73. The van der Waals surface area contributed by atoms with Crippen LogP contribution in [-0.2, 0) is 4.79 Å². The van der Waals surface area contributed by atoms with E-state index < -0.39 is 11.9 Å². The number of halogens is 1. The summed E-state index contributed by atoms with van der Waals surface area (Å²) in [5, 5.41) is 15.6. The van der Waals surface area contributed by atoms with E-state index in [-0.39, 0.29) is 22.9 Å². The zero-order valence-electron chi connectivity index (χ0n) is 17.4. The second-order valence-electron chi connectivity index (χ2n) is 6.74. The Morgan fingerprint density at radius 3 is 2.50 bits per heavy atom. The molecule has 0 unspecified atom stereocenters. The second kappa shape index (κ2) is 9.94. The highest BCUT2D eigenvalue weighted by Crippen LogP contribution is 2.37. The van der Waals surface area contributed by atoms with Crippen LogP contribution >= 0.6 is 15.9 Å². The lowest BCUT2D eigenvalue weighted by atomic mass is 10.1. The van der Waals surface area contributed by atoms with Crippen molar-refractivity contribution in [2.24, 2.45) is 0 Å². The van der Waals surface area contributed by atoms with Crippen LogP contribution in [0, 0.1) is 25.2 Å².